The first-order valence-corrected chi connectivity index (χ1v) is 5.55. The minimum Gasteiger partial charge on any atom is -0.497 e. The van der Waals surface area contributed by atoms with E-state index < -0.39 is 0 Å². The second-order valence-corrected chi connectivity index (χ2v) is 3.87. The SMILES string of the molecule is COc1ccc(Oc2ccc(C#N)cc2)c(C)c1. The summed E-state index contributed by atoms with van der Waals surface area (Å²) in [5, 5.41) is 8.72. The largest absolute Gasteiger partial charge is 0.497 e. The molecule has 3 heteroatoms. The van der Waals surface area contributed by atoms with Crippen LogP contribution in [0, 0.1) is 18.3 Å². The van der Waals surface area contributed by atoms with E-state index in [1.165, 1.54) is 0 Å². The molecular formula is C15H13NO2. The van der Waals surface area contributed by atoms with E-state index in [1.54, 1.807) is 31.4 Å². The van der Waals surface area contributed by atoms with Crippen molar-refractivity contribution >= 4 is 0 Å². The number of methoxy groups -OCH3 is 1. The van der Waals surface area contributed by atoms with Gasteiger partial charge in [0.15, 0.2) is 0 Å². The fourth-order valence-corrected chi connectivity index (χ4v) is 1.59. The Morgan fingerprint density at radius 3 is 2.22 bits per heavy atom. The van der Waals surface area contributed by atoms with Crippen LogP contribution in [0.1, 0.15) is 11.1 Å². The molecule has 0 aliphatic rings. The van der Waals surface area contributed by atoms with Gasteiger partial charge in [0.05, 0.1) is 18.7 Å². The molecule has 90 valence electrons. The summed E-state index contributed by atoms with van der Waals surface area (Å²) in [5.41, 5.74) is 1.62. The molecule has 0 N–H and O–H groups in total. The molecule has 2 aromatic carbocycles. The standard InChI is InChI=1S/C15H13NO2/c1-11-9-14(17-2)7-8-15(11)18-13-5-3-12(10-16)4-6-13/h3-9H,1-2H3. The van der Waals surface area contributed by atoms with Gasteiger partial charge < -0.3 is 9.47 Å². The van der Waals surface area contributed by atoms with Crippen molar-refractivity contribution in [3.05, 3.63) is 53.6 Å². The van der Waals surface area contributed by atoms with E-state index in [4.69, 9.17) is 14.7 Å². The van der Waals surface area contributed by atoms with Crippen molar-refractivity contribution in [3.63, 3.8) is 0 Å². The lowest BCUT2D eigenvalue weighted by molar-refractivity contribution is 0.412. The third kappa shape index (κ3) is 2.61. The maximum Gasteiger partial charge on any atom is 0.130 e. The summed E-state index contributed by atoms with van der Waals surface area (Å²) in [4.78, 5) is 0. The quantitative estimate of drug-likeness (QED) is 0.820. The molecule has 2 rings (SSSR count). The first-order valence-electron chi connectivity index (χ1n) is 5.55. The lowest BCUT2D eigenvalue weighted by atomic mass is 10.2. The highest BCUT2D eigenvalue weighted by Gasteiger charge is 2.03. The molecule has 0 unspecified atom stereocenters. The van der Waals surface area contributed by atoms with Crippen molar-refractivity contribution in [3.8, 4) is 23.3 Å². The Labute approximate surface area is 106 Å². The number of hydrogen-bond acceptors (Lipinski definition) is 3. The molecule has 0 radical (unpaired) electrons. The molecule has 0 bridgehead atoms. The number of benzene rings is 2. The van der Waals surface area contributed by atoms with E-state index in [2.05, 4.69) is 6.07 Å². The van der Waals surface area contributed by atoms with Crippen LogP contribution in [-0.2, 0) is 0 Å². The van der Waals surface area contributed by atoms with E-state index in [-0.39, 0.29) is 0 Å². The predicted molar refractivity (Wildman–Crippen MR) is 69.0 cm³/mol. The fraction of sp³-hybridized carbons (Fsp3) is 0.133. The highest BCUT2D eigenvalue weighted by Crippen LogP contribution is 2.28. The first kappa shape index (κ1) is 12.0. The third-order valence-corrected chi connectivity index (χ3v) is 2.59. The monoisotopic (exact) mass is 239 g/mol. The highest BCUT2D eigenvalue weighted by atomic mass is 16.5. The topological polar surface area (TPSA) is 42.2 Å². The number of hydrogen-bond donors (Lipinski definition) is 0. The van der Waals surface area contributed by atoms with Gasteiger partial charge in [0.25, 0.3) is 0 Å². The van der Waals surface area contributed by atoms with Crippen LogP contribution in [0.25, 0.3) is 0 Å². The Hall–Kier alpha value is -2.47. The Bertz CT molecular complexity index is 582. The van der Waals surface area contributed by atoms with Crippen LogP contribution >= 0.6 is 0 Å². The number of rotatable bonds is 3. The van der Waals surface area contributed by atoms with Crippen LogP contribution in [0.15, 0.2) is 42.5 Å². The van der Waals surface area contributed by atoms with Gasteiger partial charge in [-0.15, -0.1) is 0 Å². The van der Waals surface area contributed by atoms with Gasteiger partial charge in [0.2, 0.25) is 0 Å². The number of nitriles is 1. The van der Waals surface area contributed by atoms with Crippen LogP contribution in [0.2, 0.25) is 0 Å². The molecule has 18 heavy (non-hydrogen) atoms. The van der Waals surface area contributed by atoms with Gasteiger partial charge in [-0.05, 0) is 55.0 Å². The minimum absolute atomic E-state index is 0.619. The van der Waals surface area contributed by atoms with Crippen molar-refractivity contribution < 1.29 is 9.47 Å². The van der Waals surface area contributed by atoms with E-state index in [1.807, 2.05) is 25.1 Å². The second-order valence-electron chi connectivity index (χ2n) is 3.87. The molecule has 0 aliphatic heterocycles. The summed E-state index contributed by atoms with van der Waals surface area (Å²) in [6.07, 6.45) is 0. The molecule has 0 saturated carbocycles. The summed E-state index contributed by atoms with van der Waals surface area (Å²) in [6.45, 7) is 1.96. The molecule has 0 aromatic heterocycles. The fourth-order valence-electron chi connectivity index (χ4n) is 1.59. The normalized spacial score (nSPS) is 9.61. The Morgan fingerprint density at radius 1 is 1.00 bits per heavy atom. The summed E-state index contributed by atoms with van der Waals surface area (Å²) in [7, 11) is 1.63. The number of aryl methyl sites for hydroxylation is 1. The molecule has 3 nitrogen and oxygen atoms in total. The van der Waals surface area contributed by atoms with Gasteiger partial charge in [-0.1, -0.05) is 0 Å². The third-order valence-electron chi connectivity index (χ3n) is 2.59. The average molecular weight is 239 g/mol. The van der Waals surface area contributed by atoms with Gasteiger partial charge in [0, 0.05) is 0 Å². The lowest BCUT2D eigenvalue weighted by Gasteiger charge is -2.09. The molecule has 2 aromatic rings. The van der Waals surface area contributed by atoms with Crippen molar-refractivity contribution in [1.82, 2.24) is 0 Å². The number of ether oxygens (including phenoxy) is 2. The van der Waals surface area contributed by atoms with Gasteiger partial charge in [0.1, 0.15) is 17.2 Å². The molecule has 0 saturated heterocycles. The van der Waals surface area contributed by atoms with Gasteiger partial charge in [-0.3, -0.25) is 0 Å². The molecule has 0 aliphatic carbocycles. The van der Waals surface area contributed by atoms with Gasteiger partial charge in [-0.25, -0.2) is 0 Å². The molecule has 0 amide bonds. The van der Waals surface area contributed by atoms with Crippen LogP contribution in [0.5, 0.6) is 17.2 Å². The summed E-state index contributed by atoms with van der Waals surface area (Å²) < 4.78 is 10.9. The van der Waals surface area contributed by atoms with Crippen molar-refractivity contribution in [2.24, 2.45) is 0 Å². The number of nitrogens with zero attached hydrogens (tertiary/aromatic N) is 1. The van der Waals surface area contributed by atoms with E-state index in [0.29, 0.717) is 11.3 Å². The Balaban J connectivity index is 2.20. The molecule has 0 spiro atoms. The molecule has 0 atom stereocenters. The second kappa shape index (κ2) is 5.24. The van der Waals surface area contributed by atoms with E-state index in [9.17, 15) is 0 Å². The smallest absolute Gasteiger partial charge is 0.130 e. The average Bonchev–Trinajstić information content (AvgIpc) is 2.42. The summed E-state index contributed by atoms with van der Waals surface area (Å²) in [5.74, 6) is 2.29. The molecular weight excluding hydrogens is 226 g/mol. The van der Waals surface area contributed by atoms with Gasteiger partial charge >= 0.3 is 0 Å². The summed E-state index contributed by atoms with van der Waals surface area (Å²) >= 11 is 0. The molecule has 0 fully saturated rings. The van der Waals surface area contributed by atoms with Crippen LogP contribution in [-0.4, -0.2) is 7.11 Å². The highest BCUT2D eigenvalue weighted by molar-refractivity contribution is 5.43. The lowest BCUT2D eigenvalue weighted by Crippen LogP contribution is -1.89. The zero-order valence-corrected chi connectivity index (χ0v) is 10.3. The predicted octanol–water partition coefficient (Wildman–Crippen LogP) is 3.67. The van der Waals surface area contributed by atoms with Gasteiger partial charge in [-0.2, -0.15) is 5.26 Å². The van der Waals surface area contributed by atoms with Crippen molar-refractivity contribution in [1.29, 1.82) is 5.26 Å². The van der Waals surface area contributed by atoms with Crippen LogP contribution in [0.3, 0.4) is 0 Å². The molecule has 0 heterocycles. The Kier molecular flexibility index (Phi) is 3.49. The van der Waals surface area contributed by atoms with E-state index in [0.717, 1.165) is 17.1 Å². The zero-order chi connectivity index (χ0) is 13.0. The van der Waals surface area contributed by atoms with Crippen LogP contribution in [0.4, 0.5) is 0 Å². The maximum absolute atomic E-state index is 8.72. The van der Waals surface area contributed by atoms with Crippen molar-refractivity contribution in [2.45, 2.75) is 6.92 Å². The van der Waals surface area contributed by atoms with Crippen LogP contribution < -0.4 is 9.47 Å². The minimum atomic E-state index is 0.619. The zero-order valence-electron chi connectivity index (χ0n) is 10.3. The van der Waals surface area contributed by atoms with Crippen molar-refractivity contribution in [2.75, 3.05) is 7.11 Å². The first-order chi connectivity index (χ1) is 8.72. The van der Waals surface area contributed by atoms with E-state index >= 15 is 0 Å². The maximum atomic E-state index is 8.72. The summed E-state index contributed by atoms with van der Waals surface area (Å²) in [6, 6.07) is 14.7. The Morgan fingerprint density at radius 2 is 1.67 bits per heavy atom.